The van der Waals surface area contributed by atoms with Crippen LogP contribution in [-0.2, 0) is 10.0 Å². The molecule has 0 unspecified atom stereocenters. The van der Waals surface area contributed by atoms with Gasteiger partial charge in [-0.1, -0.05) is 35.5 Å². The smallest absolute Gasteiger partial charge is 0.259 e. The highest BCUT2D eigenvalue weighted by Crippen LogP contribution is 2.36. The molecule has 0 spiro atoms. The SMILES string of the molecule is N#Cc1ccccc1-c1nc([C@@H]2CCCN2S(=O)(=O)c2ccccc2)no1. The van der Waals surface area contributed by atoms with Crippen LogP contribution in [0.15, 0.2) is 64.0 Å². The van der Waals surface area contributed by atoms with Crippen molar-refractivity contribution in [1.29, 1.82) is 5.26 Å². The number of nitriles is 1. The number of hydrogen-bond acceptors (Lipinski definition) is 6. The van der Waals surface area contributed by atoms with E-state index in [-0.39, 0.29) is 10.8 Å². The van der Waals surface area contributed by atoms with Gasteiger partial charge >= 0.3 is 0 Å². The van der Waals surface area contributed by atoms with Crippen LogP contribution in [0, 0.1) is 11.3 Å². The Bertz CT molecular complexity index is 1100. The number of nitrogens with zero attached hydrogens (tertiary/aromatic N) is 4. The van der Waals surface area contributed by atoms with Crippen LogP contribution in [-0.4, -0.2) is 29.4 Å². The lowest BCUT2D eigenvalue weighted by Gasteiger charge is -2.21. The van der Waals surface area contributed by atoms with Gasteiger partial charge in [-0.05, 0) is 37.1 Å². The fourth-order valence-electron chi connectivity index (χ4n) is 3.26. The van der Waals surface area contributed by atoms with Gasteiger partial charge in [-0.3, -0.25) is 0 Å². The summed E-state index contributed by atoms with van der Waals surface area (Å²) in [5, 5.41) is 13.3. The van der Waals surface area contributed by atoms with E-state index in [0.717, 1.165) is 6.42 Å². The highest BCUT2D eigenvalue weighted by molar-refractivity contribution is 7.89. The van der Waals surface area contributed by atoms with E-state index in [1.54, 1.807) is 54.6 Å². The zero-order valence-electron chi connectivity index (χ0n) is 14.3. The van der Waals surface area contributed by atoms with Crippen LogP contribution in [0.2, 0.25) is 0 Å². The van der Waals surface area contributed by atoms with Crippen molar-refractivity contribution in [2.75, 3.05) is 6.54 Å². The van der Waals surface area contributed by atoms with E-state index in [1.807, 2.05) is 0 Å². The van der Waals surface area contributed by atoms with E-state index in [1.165, 1.54) is 4.31 Å². The summed E-state index contributed by atoms with van der Waals surface area (Å²) >= 11 is 0. The zero-order valence-corrected chi connectivity index (χ0v) is 15.1. The number of hydrogen-bond donors (Lipinski definition) is 0. The van der Waals surface area contributed by atoms with Gasteiger partial charge in [0.05, 0.1) is 28.1 Å². The molecule has 136 valence electrons. The van der Waals surface area contributed by atoms with Crippen LogP contribution in [0.1, 0.15) is 30.3 Å². The number of benzene rings is 2. The minimum absolute atomic E-state index is 0.214. The van der Waals surface area contributed by atoms with E-state index >= 15 is 0 Å². The predicted octanol–water partition coefficient (Wildman–Crippen LogP) is 3.13. The first-order chi connectivity index (χ1) is 13.1. The van der Waals surface area contributed by atoms with Crippen LogP contribution < -0.4 is 0 Å². The Hall–Kier alpha value is -3.02. The van der Waals surface area contributed by atoms with Gasteiger partial charge in [0, 0.05) is 6.54 Å². The third-order valence-corrected chi connectivity index (χ3v) is 6.49. The fraction of sp³-hybridized carbons (Fsp3) is 0.211. The van der Waals surface area contributed by atoms with E-state index in [2.05, 4.69) is 16.2 Å². The summed E-state index contributed by atoms with van der Waals surface area (Å²) in [6.07, 6.45) is 1.33. The average Bonchev–Trinajstić information content (AvgIpc) is 3.38. The zero-order chi connectivity index (χ0) is 18.9. The quantitative estimate of drug-likeness (QED) is 0.689. The Labute approximate surface area is 156 Å². The molecule has 8 heteroatoms. The van der Waals surface area contributed by atoms with E-state index in [0.29, 0.717) is 29.9 Å². The maximum Gasteiger partial charge on any atom is 0.259 e. The Balaban J connectivity index is 1.68. The van der Waals surface area contributed by atoms with Crippen LogP contribution in [0.3, 0.4) is 0 Å². The molecule has 1 atom stereocenters. The van der Waals surface area contributed by atoms with E-state index in [9.17, 15) is 13.7 Å². The Kier molecular flexibility index (Phi) is 4.48. The summed E-state index contributed by atoms with van der Waals surface area (Å²) in [6.45, 7) is 0.403. The molecule has 2 heterocycles. The molecule has 4 rings (SSSR count). The predicted molar refractivity (Wildman–Crippen MR) is 96.8 cm³/mol. The molecule has 7 nitrogen and oxygen atoms in total. The summed E-state index contributed by atoms with van der Waals surface area (Å²) in [5.74, 6) is 0.529. The van der Waals surface area contributed by atoms with Gasteiger partial charge in [0.15, 0.2) is 5.82 Å². The topological polar surface area (TPSA) is 100 Å². The van der Waals surface area contributed by atoms with Gasteiger partial charge in [0.2, 0.25) is 10.0 Å². The molecule has 3 aromatic rings. The molecule has 0 amide bonds. The minimum Gasteiger partial charge on any atom is -0.334 e. The third-order valence-electron chi connectivity index (χ3n) is 4.57. The first kappa shape index (κ1) is 17.4. The monoisotopic (exact) mass is 380 g/mol. The van der Waals surface area contributed by atoms with Gasteiger partial charge in [-0.25, -0.2) is 8.42 Å². The largest absolute Gasteiger partial charge is 0.334 e. The summed E-state index contributed by atoms with van der Waals surface area (Å²) in [7, 11) is -3.64. The van der Waals surface area contributed by atoms with Crippen molar-refractivity contribution in [3.63, 3.8) is 0 Å². The molecular weight excluding hydrogens is 364 g/mol. The molecule has 1 aliphatic rings. The molecule has 1 aromatic heterocycles. The second-order valence-electron chi connectivity index (χ2n) is 6.20. The van der Waals surface area contributed by atoms with Crippen LogP contribution in [0.5, 0.6) is 0 Å². The van der Waals surface area contributed by atoms with Crippen molar-refractivity contribution >= 4 is 10.0 Å². The Morgan fingerprint density at radius 2 is 1.85 bits per heavy atom. The maximum absolute atomic E-state index is 13.0. The first-order valence-electron chi connectivity index (χ1n) is 8.51. The summed E-state index contributed by atoms with van der Waals surface area (Å²) < 4.78 is 32.7. The second-order valence-corrected chi connectivity index (χ2v) is 8.09. The lowest BCUT2D eigenvalue weighted by molar-refractivity contribution is 0.358. The molecule has 0 aliphatic carbocycles. The van der Waals surface area contributed by atoms with Crippen LogP contribution >= 0.6 is 0 Å². The van der Waals surface area contributed by atoms with E-state index in [4.69, 9.17) is 4.52 Å². The Morgan fingerprint density at radius 1 is 1.11 bits per heavy atom. The van der Waals surface area contributed by atoms with Crippen molar-refractivity contribution in [1.82, 2.24) is 14.4 Å². The van der Waals surface area contributed by atoms with Crippen LogP contribution in [0.25, 0.3) is 11.5 Å². The van der Waals surface area contributed by atoms with Gasteiger partial charge in [-0.15, -0.1) is 0 Å². The molecule has 0 bridgehead atoms. The normalized spacial score (nSPS) is 17.7. The third kappa shape index (κ3) is 3.12. The highest BCUT2D eigenvalue weighted by Gasteiger charge is 2.38. The summed E-state index contributed by atoms with van der Waals surface area (Å²) in [4.78, 5) is 4.64. The average molecular weight is 380 g/mol. The lowest BCUT2D eigenvalue weighted by atomic mass is 10.1. The molecule has 0 radical (unpaired) electrons. The summed E-state index contributed by atoms with van der Waals surface area (Å²) in [6, 6.07) is 16.9. The number of sulfonamides is 1. The first-order valence-corrected chi connectivity index (χ1v) is 9.95. The van der Waals surface area contributed by atoms with Crippen molar-refractivity contribution in [2.24, 2.45) is 0 Å². The van der Waals surface area contributed by atoms with Crippen molar-refractivity contribution < 1.29 is 12.9 Å². The summed E-state index contributed by atoms with van der Waals surface area (Å²) in [5.41, 5.74) is 0.960. The number of aromatic nitrogens is 2. The molecule has 1 aliphatic heterocycles. The second kappa shape index (κ2) is 6.95. The molecule has 27 heavy (non-hydrogen) atoms. The van der Waals surface area contributed by atoms with Crippen molar-refractivity contribution in [2.45, 2.75) is 23.8 Å². The van der Waals surface area contributed by atoms with Crippen LogP contribution in [0.4, 0.5) is 0 Å². The standard InChI is InChI=1S/C19H16N4O3S/c20-13-14-7-4-5-10-16(14)19-21-18(22-26-19)17-11-6-12-23(17)27(24,25)15-8-2-1-3-9-15/h1-5,7-10,17H,6,11-12H2/t17-/m0/s1. The highest BCUT2D eigenvalue weighted by atomic mass is 32.2. The molecule has 0 saturated carbocycles. The molecule has 0 N–H and O–H groups in total. The fourth-order valence-corrected chi connectivity index (χ4v) is 4.94. The minimum atomic E-state index is -3.64. The Morgan fingerprint density at radius 3 is 2.63 bits per heavy atom. The van der Waals surface area contributed by atoms with Crippen molar-refractivity contribution in [3.05, 3.63) is 66.0 Å². The van der Waals surface area contributed by atoms with Crippen molar-refractivity contribution in [3.8, 4) is 17.5 Å². The molecule has 1 fully saturated rings. The molecular formula is C19H16N4O3S. The van der Waals surface area contributed by atoms with E-state index < -0.39 is 16.1 Å². The van der Waals surface area contributed by atoms with Gasteiger partial charge in [-0.2, -0.15) is 14.6 Å². The van der Waals surface area contributed by atoms with Gasteiger partial charge < -0.3 is 4.52 Å². The van der Waals surface area contributed by atoms with Gasteiger partial charge in [0.1, 0.15) is 0 Å². The lowest BCUT2D eigenvalue weighted by Crippen LogP contribution is -2.31. The number of rotatable bonds is 4. The van der Waals surface area contributed by atoms with Gasteiger partial charge in [0.25, 0.3) is 5.89 Å². The maximum atomic E-state index is 13.0. The molecule has 1 saturated heterocycles. The molecule has 2 aromatic carbocycles.